The molecule has 1 heterocycles. The number of carbonyl (C=O) groups is 1. The lowest BCUT2D eigenvalue weighted by atomic mass is 10.1. The quantitative estimate of drug-likeness (QED) is 0.885. The van der Waals surface area contributed by atoms with E-state index in [1.807, 2.05) is 0 Å². The van der Waals surface area contributed by atoms with E-state index in [9.17, 15) is 9.90 Å². The Hall–Kier alpha value is -1.58. The van der Waals surface area contributed by atoms with Crippen molar-refractivity contribution < 1.29 is 9.90 Å². The second kappa shape index (κ2) is 6.04. The lowest BCUT2D eigenvalue weighted by Crippen LogP contribution is -2.38. The molecule has 1 aromatic rings. The summed E-state index contributed by atoms with van der Waals surface area (Å²) in [5.74, 6) is 0.231. The predicted octanol–water partition coefficient (Wildman–Crippen LogP) is 3.18. The van der Waals surface area contributed by atoms with Crippen LogP contribution in [0, 0.1) is 5.92 Å². The third-order valence-corrected chi connectivity index (χ3v) is 3.62. The van der Waals surface area contributed by atoms with Crippen molar-refractivity contribution in [3.05, 3.63) is 23.9 Å². The highest BCUT2D eigenvalue weighted by atomic mass is 16.4. The van der Waals surface area contributed by atoms with Gasteiger partial charge in [0, 0.05) is 18.8 Å². The Kier molecular flexibility index (Phi) is 4.40. The van der Waals surface area contributed by atoms with Gasteiger partial charge in [0.05, 0.1) is 0 Å². The SMILES string of the molecule is CC(C)CN(c1ncccc1C(=O)O)C1CCCC1. The predicted molar refractivity (Wildman–Crippen MR) is 75.6 cm³/mol. The molecule has 0 radical (unpaired) electrons. The summed E-state index contributed by atoms with van der Waals surface area (Å²) in [4.78, 5) is 17.9. The van der Waals surface area contributed by atoms with Gasteiger partial charge in [0.25, 0.3) is 0 Å². The molecule has 0 aromatic carbocycles. The minimum atomic E-state index is -0.894. The highest BCUT2D eigenvalue weighted by molar-refractivity contribution is 5.93. The summed E-state index contributed by atoms with van der Waals surface area (Å²) in [5, 5.41) is 9.32. The van der Waals surface area contributed by atoms with E-state index >= 15 is 0 Å². The highest BCUT2D eigenvalue weighted by Crippen LogP contribution is 2.29. The highest BCUT2D eigenvalue weighted by Gasteiger charge is 2.27. The molecule has 104 valence electrons. The minimum Gasteiger partial charge on any atom is -0.478 e. The number of carboxylic acid groups (broad SMARTS) is 1. The third kappa shape index (κ3) is 3.25. The molecule has 19 heavy (non-hydrogen) atoms. The lowest BCUT2D eigenvalue weighted by molar-refractivity contribution is 0.0697. The molecular formula is C15H22N2O2. The van der Waals surface area contributed by atoms with Crippen LogP contribution in [0.5, 0.6) is 0 Å². The Morgan fingerprint density at radius 1 is 1.47 bits per heavy atom. The number of hydrogen-bond donors (Lipinski definition) is 1. The summed E-state index contributed by atoms with van der Waals surface area (Å²) in [6.07, 6.45) is 6.43. The van der Waals surface area contributed by atoms with E-state index in [1.165, 1.54) is 12.8 Å². The molecule has 1 aliphatic carbocycles. The van der Waals surface area contributed by atoms with Crippen molar-refractivity contribution >= 4 is 11.8 Å². The van der Waals surface area contributed by atoms with Gasteiger partial charge in [-0.2, -0.15) is 0 Å². The molecule has 0 saturated heterocycles. The van der Waals surface area contributed by atoms with Gasteiger partial charge in [-0.25, -0.2) is 9.78 Å². The molecule has 1 aliphatic rings. The monoisotopic (exact) mass is 262 g/mol. The van der Waals surface area contributed by atoms with E-state index in [-0.39, 0.29) is 0 Å². The molecule has 0 unspecified atom stereocenters. The standard InChI is InChI=1S/C15H22N2O2/c1-11(2)10-17(12-6-3-4-7-12)14-13(15(18)19)8-5-9-16-14/h5,8-9,11-12H,3-4,6-7,10H2,1-2H3,(H,18,19). The van der Waals surface area contributed by atoms with Crippen LogP contribution in [0.1, 0.15) is 49.9 Å². The van der Waals surface area contributed by atoms with Gasteiger partial charge in [-0.1, -0.05) is 26.7 Å². The van der Waals surface area contributed by atoms with Crippen molar-refractivity contribution in [1.29, 1.82) is 0 Å². The van der Waals surface area contributed by atoms with Crippen LogP contribution in [0.2, 0.25) is 0 Å². The van der Waals surface area contributed by atoms with Crippen LogP contribution in [0.3, 0.4) is 0 Å². The van der Waals surface area contributed by atoms with Gasteiger partial charge in [-0.15, -0.1) is 0 Å². The number of carboxylic acids is 1. The largest absolute Gasteiger partial charge is 0.478 e. The van der Waals surface area contributed by atoms with Crippen molar-refractivity contribution in [2.75, 3.05) is 11.4 Å². The topological polar surface area (TPSA) is 53.4 Å². The zero-order valence-electron chi connectivity index (χ0n) is 11.7. The molecule has 0 atom stereocenters. The normalized spacial score (nSPS) is 15.9. The van der Waals surface area contributed by atoms with Gasteiger partial charge in [0.1, 0.15) is 11.4 Å². The molecule has 2 rings (SSSR count). The van der Waals surface area contributed by atoms with Crippen LogP contribution in [0.4, 0.5) is 5.82 Å². The molecule has 1 saturated carbocycles. The van der Waals surface area contributed by atoms with Gasteiger partial charge in [0.2, 0.25) is 0 Å². The Morgan fingerprint density at radius 2 is 2.16 bits per heavy atom. The molecule has 0 aliphatic heterocycles. The average molecular weight is 262 g/mol. The maximum atomic E-state index is 11.4. The molecule has 0 spiro atoms. The zero-order valence-corrected chi connectivity index (χ0v) is 11.7. The number of pyridine rings is 1. The Morgan fingerprint density at radius 3 is 2.74 bits per heavy atom. The molecule has 1 aromatic heterocycles. The van der Waals surface area contributed by atoms with Gasteiger partial charge < -0.3 is 10.0 Å². The van der Waals surface area contributed by atoms with Crippen molar-refractivity contribution in [3.8, 4) is 0 Å². The summed E-state index contributed by atoms with van der Waals surface area (Å²) in [5.41, 5.74) is 0.315. The fourth-order valence-corrected chi connectivity index (χ4v) is 2.81. The van der Waals surface area contributed by atoms with Crippen molar-refractivity contribution in [2.24, 2.45) is 5.92 Å². The number of anilines is 1. The van der Waals surface area contributed by atoms with Crippen LogP contribution < -0.4 is 4.90 Å². The first-order chi connectivity index (χ1) is 9.09. The minimum absolute atomic E-state index is 0.315. The lowest BCUT2D eigenvalue weighted by Gasteiger charge is -2.32. The smallest absolute Gasteiger partial charge is 0.339 e. The van der Waals surface area contributed by atoms with Crippen LogP contribution in [-0.4, -0.2) is 28.6 Å². The van der Waals surface area contributed by atoms with Crippen LogP contribution in [0.25, 0.3) is 0 Å². The number of rotatable bonds is 5. The first-order valence-electron chi connectivity index (χ1n) is 7.04. The van der Waals surface area contributed by atoms with E-state index in [2.05, 4.69) is 23.7 Å². The maximum Gasteiger partial charge on any atom is 0.339 e. The zero-order chi connectivity index (χ0) is 13.8. The molecular weight excluding hydrogens is 240 g/mol. The van der Waals surface area contributed by atoms with Crippen LogP contribution in [-0.2, 0) is 0 Å². The van der Waals surface area contributed by atoms with E-state index < -0.39 is 5.97 Å². The Labute approximate surface area is 114 Å². The Balaban J connectivity index is 2.34. The van der Waals surface area contributed by atoms with Crippen molar-refractivity contribution in [3.63, 3.8) is 0 Å². The summed E-state index contributed by atoms with van der Waals surface area (Å²) >= 11 is 0. The number of aromatic nitrogens is 1. The van der Waals surface area contributed by atoms with Gasteiger partial charge in [-0.3, -0.25) is 0 Å². The third-order valence-electron chi connectivity index (χ3n) is 3.62. The van der Waals surface area contributed by atoms with Gasteiger partial charge >= 0.3 is 5.97 Å². The second-order valence-electron chi connectivity index (χ2n) is 5.66. The molecule has 0 amide bonds. The molecule has 0 bridgehead atoms. The summed E-state index contributed by atoms with van der Waals surface area (Å²) in [6.45, 7) is 5.18. The number of aromatic carboxylic acids is 1. The van der Waals surface area contributed by atoms with Crippen LogP contribution >= 0.6 is 0 Å². The first kappa shape index (κ1) is 13.8. The molecule has 4 nitrogen and oxygen atoms in total. The summed E-state index contributed by atoms with van der Waals surface area (Å²) in [7, 11) is 0. The van der Waals surface area contributed by atoms with Crippen molar-refractivity contribution in [2.45, 2.75) is 45.6 Å². The van der Waals surface area contributed by atoms with E-state index in [4.69, 9.17) is 0 Å². The number of hydrogen-bond acceptors (Lipinski definition) is 3. The molecule has 1 fully saturated rings. The van der Waals surface area contributed by atoms with E-state index in [0.29, 0.717) is 23.3 Å². The molecule has 1 N–H and O–H groups in total. The first-order valence-corrected chi connectivity index (χ1v) is 7.04. The summed E-state index contributed by atoms with van der Waals surface area (Å²) < 4.78 is 0. The Bertz CT molecular complexity index is 440. The van der Waals surface area contributed by atoms with Gasteiger partial charge in [-0.05, 0) is 30.9 Å². The number of nitrogens with zero attached hydrogens (tertiary/aromatic N) is 2. The van der Waals surface area contributed by atoms with Crippen molar-refractivity contribution in [1.82, 2.24) is 4.98 Å². The van der Waals surface area contributed by atoms with E-state index in [0.717, 1.165) is 19.4 Å². The fraction of sp³-hybridized carbons (Fsp3) is 0.600. The van der Waals surface area contributed by atoms with Crippen LogP contribution in [0.15, 0.2) is 18.3 Å². The van der Waals surface area contributed by atoms with E-state index in [1.54, 1.807) is 18.3 Å². The fourth-order valence-electron chi connectivity index (χ4n) is 2.81. The maximum absolute atomic E-state index is 11.4. The second-order valence-corrected chi connectivity index (χ2v) is 5.66. The average Bonchev–Trinajstić information content (AvgIpc) is 2.89. The summed E-state index contributed by atoms with van der Waals surface area (Å²) in [6, 6.07) is 3.78. The van der Waals surface area contributed by atoms with Gasteiger partial charge in [0.15, 0.2) is 0 Å². The molecule has 4 heteroatoms.